The number of aliphatic hydroxyl groups excluding tert-OH is 2. The lowest BCUT2D eigenvalue weighted by molar-refractivity contribution is -0.158. The third-order valence-electron chi connectivity index (χ3n) is 5.45. The summed E-state index contributed by atoms with van der Waals surface area (Å²) in [5.41, 5.74) is 1.48. The van der Waals surface area contributed by atoms with E-state index in [-0.39, 0.29) is 11.5 Å². The predicted octanol–water partition coefficient (Wildman–Crippen LogP) is 3.73. The number of hydrogen-bond acceptors (Lipinski definition) is 5. The summed E-state index contributed by atoms with van der Waals surface area (Å²) >= 11 is 0. The Balaban J connectivity index is 1.93. The van der Waals surface area contributed by atoms with Gasteiger partial charge in [-0.2, -0.15) is 0 Å². The van der Waals surface area contributed by atoms with Crippen LogP contribution in [0.2, 0.25) is 0 Å². The Morgan fingerprint density at radius 1 is 1.00 bits per heavy atom. The van der Waals surface area contributed by atoms with Crippen LogP contribution in [0.4, 0.5) is 0 Å². The lowest BCUT2D eigenvalue weighted by Gasteiger charge is -2.32. The number of rotatable bonds is 7. The zero-order valence-corrected chi connectivity index (χ0v) is 16.6. The highest BCUT2D eigenvalue weighted by molar-refractivity contribution is 6.09. The molecule has 1 heterocycles. The molecular weight excluding hydrogens is 368 g/mol. The zero-order valence-electron chi connectivity index (χ0n) is 16.6. The van der Waals surface area contributed by atoms with E-state index in [1.807, 2.05) is 43.3 Å². The van der Waals surface area contributed by atoms with Crippen molar-refractivity contribution in [3.8, 4) is 0 Å². The molecular formula is C24H26O5. The van der Waals surface area contributed by atoms with E-state index in [2.05, 4.69) is 0 Å². The molecule has 0 saturated heterocycles. The molecule has 0 spiro atoms. The highest BCUT2D eigenvalue weighted by atomic mass is 16.6. The average Bonchev–Trinajstić information content (AvgIpc) is 2.73. The number of hydrogen-bond donors (Lipinski definition) is 2. The van der Waals surface area contributed by atoms with Crippen LogP contribution in [0, 0.1) is 5.92 Å². The Bertz CT molecular complexity index is 886. The molecule has 0 bridgehead atoms. The van der Waals surface area contributed by atoms with Gasteiger partial charge in [0.2, 0.25) is 5.78 Å². The number of cyclic esters (lactones) is 1. The number of carbonyl (C=O) groups excluding carboxylic acids is 2. The third-order valence-corrected chi connectivity index (χ3v) is 5.45. The molecule has 2 N–H and O–H groups in total. The predicted molar refractivity (Wildman–Crippen MR) is 109 cm³/mol. The van der Waals surface area contributed by atoms with Crippen molar-refractivity contribution in [3.63, 3.8) is 0 Å². The van der Waals surface area contributed by atoms with E-state index in [0.29, 0.717) is 18.4 Å². The topological polar surface area (TPSA) is 83.8 Å². The van der Waals surface area contributed by atoms with Crippen LogP contribution in [0.1, 0.15) is 37.3 Å². The fourth-order valence-electron chi connectivity index (χ4n) is 3.91. The smallest absolute Gasteiger partial charge is 0.339 e. The molecule has 2 aromatic rings. The molecule has 0 fully saturated rings. The Labute approximate surface area is 170 Å². The Morgan fingerprint density at radius 2 is 1.59 bits per heavy atom. The molecule has 5 nitrogen and oxygen atoms in total. The molecule has 0 amide bonds. The fraction of sp³-hybridized carbons (Fsp3) is 0.333. The molecule has 2 aromatic carbocycles. The fourth-order valence-corrected chi connectivity index (χ4v) is 3.91. The largest absolute Gasteiger partial charge is 0.504 e. The first-order valence-corrected chi connectivity index (χ1v) is 9.89. The quantitative estimate of drug-likeness (QED) is 0.699. The van der Waals surface area contributed by atoms with Gasteiger partial charge in [-0.3, -0.25) is 4.79 Å². The second-order valence-electron chi connectivity index (χ2n) is 7.44. The van der Waals surface area contributed by atoms with Crippen molar-refractivity contribution < 1.29 is 24.5 Å². The number of ether oxygens (including phenoxy) is 1. The van der Waals surface area contributed by atoms with Crippen molar-refractivity contribution in [1.82, 2.24) is 0 Å². The summed E-state index contributed by atoms with van der Waals surface area (Å²) in [4.78, 5) is 25.8. The monoisotopic (exact) mass is 394 g/mol. The van der Waals surface area contributed by atoms with Gasteiger partial charge in [0.1, 0.15) is 0 Å². The van der Waals surface area contributed by atoms with E-state index >= 15 is 0 Å². The van der Waals surface area contributed by atoms with Crippen molar-refractivity contribution in [3.05, 3.63) is 83.1 Å². The van der Waals surface area contributed by atoms with E-state index in [0.717, 1.165) is 5.56 Å². The number of esters is 1. The van der Waals surface area contributed by atoms with Crippen LogP contribution in [0.5, 0.6) is 0 Å². The lowest BCUT2D eigenvalue weighted by atomic mass is 9.81. The SMILES string of the molecule is CCC(Cc1ccccc1)[C@H]1OC(=O)C(C(c2ccccc2)[C@@H](C)O)=C(O)C1=O. The molecule has 3 rings (SSSR count). The highest BCUT2D eigenvalue weighted by Gasteiger charge is 2.44. The molecule has 152 valence electrons. The molecule has 4 atom stereocenters. The third kappa shape index (κ3) is 4.40. The molecule has 1 aliphatic rings. The van der Waals surface area contributed by atoms with Gasteiger partial charge in [-0.25, -0.2) is 4.79 Å². The number of ketones is 1. The van der Waals surface area contributed by atoms with Crippen LogP contribution in [0.25, 0.3) is 0 Å². The maximum Gasteiger partial charge on any atom is 0.339 e. The summed E-state index contributed by atoms with van der Waals surface area (Å²) < 4.78 is 5.54. The Morgan fingerprint density at radius 3 is 2.14 bits per heavy atom. The average molecular weight is 394 g/mol. The van der Waals surface area contributed by atoms with Gasteiger partial charge < -0.3 is 14.9 Å². The van der Waals surface area contributed by atoms with Gasteiger partial charge in [-0.05, 0) is 30.9 Å². The van der Waals surface area contributed by atoms with Crippen molar-refractivity contribution in [2.45, 2.75) is 44.8 Å². The maximum absolute atomic E-state index is 13.0. The van der Waals surface area contributed by atoms with Crippen LogP contribution in [0.15, 0.2) is 72.0 Å². The van der Waals surface area contributed by atoms with Gasteiger partial charge in [0.05, 0.1) is 11.7 Å². The van der Waals surface area contributed by atoms with E-state index in [9.17, 15) is 19.8 Å². The minimum Gasteiger partial charge on any atom is -0.504 e. The minimum atomic E-state index is -1.04. The van der Waals surface area contributed by atoms with Crippen LogP contribution in [-0.4, -0.2) is 34.2 Å². The van der Waals surface area contributed by atoms with Gasteiger partial charge in [-0.1, -0.05) is 67.6 Å². The Hall–Kier alpha value is -2.92. The number of aliphatic hydroxyl groups is 2. The van der Waals surface area contributed by atoms with Crippen LogP contribution >= 0.6 is 0 Å². The van der Waals surface area contributed by atoms with E-state index in [4.69, 9.17) is 4.74 Å². The first-order valence-electron chi connectivity index (χ1n) is 9.89. The van der Waals surface area contributed by atoms with Gasteiger partial charge in [0.15, 0.2) is 11.9 Å². The van der Waals surface area contributed by atoms with Crippen molar-refractivity contribution in [2.75, 3.05) is 0 Å². The van der Waals surface area contributed by atoms with E-state index < -0.39 is 35.6 Å². The summed E-state index contributed by atoms with van der Waals surface area (Å²) in [6.45, 7) is 3.44. The van der Waals surface area contributed by atoms with E-state index in [1.54, 1.807) is 24.3 Å². The summed E-state index contributed by atoms with van der Waals surface area (Å²) in [7, 11) is 0. The number of Topliss-reactive ketones (excluding diaryl/α,β-unsaturated/α-hetero) is 1. The van der Waals surface area contributed by atoms with Crippen molar-refractivity contribution in [1.29, 1.82) is 0 Å². The van der Waals surface area contributed by atoms with Crippen molar-refractivity contribution >= 4 is 11.8 Å². The summed E-state index contributed by atoms with van der Waals surface area (Å²) in [6, 6.07) is 18.5. The maximum atomic E-state index is 13.0. The van der Waals surface area contributed by atoms with Crippen molar-refractivity contribution in [2.24, 2.45) is 5.92 Å². The zero-order chi connectivity index (χ0) is 21.0. The second-order valence-corrected chi connectivity index (χ2v) is 7.44. The number of benzene rings is 2. The summed E-state index contributed by atoms with van der Waals surface area (Å²) in [6.07, 6.45) is -0.860. The number of carbonyl (C=O) groups is 2. The lowest BCUT2D eigenvalue weighted by Crippen LogP contribution is -2.43. The Kier molecular flexibility index (Phi) is 6.49. The molecule has 5 heteroatoms. The van der Waals surface area contributed by atoms with Crippen LogP contribution < -0.4 is 0 Å². The molecule has 29 heavy (non-hydrogen) atoms. The van der Waals surface area contributed by atoms with E-state index in [1.165, 1.54) is 6.92 Å². The highest BCUT2D eigenvalue weighted by Crippen LogP contribution is 2.36. The van der Waals surface area contributed by atoms with Crippen LogP contribution in [-0.2, 0) is 20.7 Å². The molecule has 0 radical (unpaired) electrons. The van der Waals surface area contributed by atoms with Gasteiger partial charge >= 0.3 is 5.97 Å². The first kappa shape index (κ1) is 20.8. The molecule has 2 unspecified atom stereocenters. The second kappa shape index (κ2) is 9.05. The molecule has 0 saturated carbocycles. The molecule has 0 aliphatic carbocycles. The van der Waals surface area contributed by atoms with Gasteiger partial charge in [0, 0.05) is 11.8 Å². The van der Waals surface area contributed by atoms with Gasteiger partial charge in [-0.15, -0.1) is 0 Å². The summed E-state index contributed by atoms with van der Waals surface area (Å²) in [5, 5.41) is 21.0. The molecule has 0 aromatic heterocycles. The standard InChI is InChI=1S/C24H26O5/c1-3-17(14-16-10-6-4-7-11-16)23-22(27)21(26)20(24(28)29-23)19(15(2)25)18-12-8-5-9-13-18/h4-13,15,17,19,23,25-26H,3,14H2,1-2H3/t15-,17?,19?,23-/m1/s1. The normalized spacial score (nSPS) is 20.2. The molecule has 1 aliphatic heterocycles. The summed E-state index contributed by atoms with van der Waals surface area (Å²) in [5.74, 6) is -3.06. The van der Waals surface area contributed by atoms with Gasteiger partial charge in [0.25, 0.3) is 0 Å². The minimum absolute atomic E-state index is 0.179. The van der Waals surface area contributed by atoms with Crippen LogP contribution in [0.3, 0.4) is 0 Å². The first-order chi connectivity index (χ1) is 13.9.